The lowest BCUT2D eigenvalue weighted by atomic mass is 10.2. The van der Waals surface area contributed by atoms with Gasteiger partial charge in [0.1, 0.15) is 8.80 Å². The maximum atomic E-state index is 6.11. The van der Waals surface area contributed by atoms with Crippen molar-refractivity contribution in [2.75, 3.05) is 6.61 Å². The summed E-state index contributed by atoms with van der Waals surface area (Å²) in [6, 6.07) is 21.9. The van der Waals surface area contributed by atoms with Gasteiger partial charge in [-0.3, -0.25) is 0 Å². The summed E-state index contributed by atoms with van der Waals surface area (Å²) in [6.45, 7) is 0.938. The van der Waals surface area contributed by atoms with Crippen LogP contribution in [0, 0.1) is 0 Å². The minimum Gasteiger partial charge on any atom is -0.381 e. The molecule has 1 heterocycles. The standard InChI is InChI=1S/C17H20OSi.CCl4/c1-3-9-15(10-4-1)19(16-11-5-2-6-12-16)17-13-7-8-14-18-17;2-1(3,4)5/h1-6,9-12,17,19H,7-8,13-14H2;. The third-order valence-electron chi connectivity index (χ3n) is 3.90. The first-order chi connectivity index (χ1) is 11.4. The zero-order valence-corrected chi connectivity index (χ0v) is 17.4. The SMILES string of the molecule is ClC(Cl)(Cl)Cl.c1ccc([SiH](c2ccccc2)C2CCCCO2)cc1. The van der Waals surface area contributed by atoms with Crippen LogP contribution in [0.2, 0.25) is 0 Å². The molecule has 1 atom stereocenters. The molecule has 0 radical (unpaired) electrons. The normalized spacial score (nSPS) is 18.0. The Labute approximate surface area is 165 Å². The van der Waals surface area contributed by atoms with Crippen molar-refractivity contribution in [3.8, 4) is 0 Å². The van der Waals surface area contributed by atoms with Crippen LogP contribution in [-0.2, 0) is 4.74 Å². The van der Waals surface area contributed by atoms with E-state index in [9.17, 15) is 0 Å². The van der Waals surface area contributed by atoms with Crippen molar-refractivity contribution in [1.82, 2.24) is 0 Å². The first kappa shape index (κ1) is 20.1. The van der Waals surface area contributed by atoms with Crippen LogP contribution in [0.3, 0.4) is 0 Å². The van der Waals surface area contributed by atoms with E-state index < -0.39 is 12.0 Å². The summed E-state index contributed by atoms with van der Waals surface area (Å²) in [5, 5.41) is 3.00. The molecule has 1 nitrogen and oxygen atoms in total. The summed E-state index contributed by atoms with van der Waals surface area (Å²) in [5.74, 6) is 0. The Kier molecular flexibility index (Phi) is 8.42. The van der Waals surface area contributed by atoms with Crippen molar-refractivity contribution >= 4 is 65.6 Å². The first-order valence-electron chi connectivity index (χ1n) is 7.92. The van der Waals surface area contributed by atoms with E-state index in [-0.39, 0.29) is 0 Å². The molecule has 0 N–H and O–H groups in total. The number of halogens is 4. The number of hydrogen-bond acceptors (Lipinski definition) is 1. The van der Waals surface area contributed by atoms with Crippen molar-refractivity contribution in [2.24, 2.45) is 0 Å². The highest BCUT2D eigenvalue weighted by molar-refractivity contribution is 6.86. The lowest BCUT2D eigenvalue weighted by molar-refractivity contribution is 0.0644. The summed E-state index contributed by atoms with van der Waals surface area (Å²) in [6.07, 6.45) is 3.76. The topological polar surface area (TPSA) is 9.23 Å². The molecule has 6 heteroatoms. The lowest BCUT2D eigenvalue weighted by Gasteiger charge is -2.30. The Morgan fingerprint density at radius 2 is 1.25 bits per heavy atom. The largest absolute Gasteiger partial charge is 0.381 e. The molecule has 0 aliphatic carbocycles. The van der Waals surface area contributed by atoms with Crippen LogP contribution in [0.25, 0.3) is 0 Å². The molecular formula is C18H20Cl4OSi. The second-order valence-electron chi connectivity index (χ2n) is 5.63. The number of rotatable bonds is 3. The Morgan fingerprint density at radius 3 is 1.62 bits per heavy atom. The van der Waals surface area contributed by atoms with Crippen molar-refractivity contribution < 1.29 is 4.74 Å². The number of ether oxygens (including phenoxy) is 1. The van der Waals surface area contributed by atoms with E-state index in [1.807, 2.05) is 0 Å². The minimum absolute atomic E-state index is 0.457. The van der Waals surface area contributed by atoms with Crippen molar-refractivity contribution in [3.63, 3.8) is 0 Å². The van der Waals surface area contributed by atoms with E-state index in [1.165, 1.54) is 29.6 Å². The van der Waals surface area contributed by atoms with Gasteiger partial charge in [-0.25, -0.2) is 0 Å². The van der Waals surface area contributed by atoms with Gasteiger partial charge in [0.05, 0.1) is 5.73 Å². The number of alkyl halides is 4. The smallest absolute Gasteiger partial charge is 0.266 e. The maximum absolute atomic E-state index is 6.11. The van der Waals surface area contributed by atoms with Gasteiger partial charge >= 0.3 is 0 Å². The lowest BCUT2D eigenvalue weighted by Crippen LogP contribution is -2.53. The van der Waals surface area contributed by atoms with Gasteiger partial charge in [-0.2, -0.15) is 0 Å². The van der Waals surface area contributed by atoms with E-state index in [0.29, 0.717) is 5.73 Å². The van der Waals surface area contributed by atoms with Gasteiger partial charge in [-0.05, 0) is 19.3 Å². The molecule has 130 valence electrons. The predicted octanol–water partition coefficient (Wildman–Crippen LogP) is 4.69. The second-order valence-corrected chi connectivity index (χ2v) is 12.1. The fourth-order valence-electron chi connectivity index (χ4n) is 2.97. The van der Waals surface area contributed by atoms with Gasteiger partial charge in [-0.1, -0.05) is 117 Å². The number of hydrogen-bond donors (Lipinski definition) is 0. The quantitative estimate of drug-likeness (QED) is 0.515. The van der Waals surface area contributed by atoms with E-state index in [2.05, 4.69) is 60.7 Å². The molecule has 0 saturated carbocycles. The van der Waals surface area contributed by atoms with Gasteiger partial charge in [-0.15, -0.1) is 0 Å². The molecule has 24 heavy (non-hydrogen) atoms. The van der Waals surface area contributed by atoms with Crippen molar-refractivity contribution in [3.05, 3.63) is 60.7 Å². The molecule has 2 aromatic rings. The van der Waals surface area contributed by atoms with E-state index in [1.54, 1.807) is 0 Å². The third-order valence-corrected chi connectivity index (χ3v) is 7.38. The monoisotopic (exact) mass is 420 g/mol. The van der Waals surface area contributed by atoms with Crippen LogP contribution in [0.4, 0.5) is 0 Å². The van der Waals surface area contributed by atoms with Gasteiger partial charge in [0.25, 0.3) is 3.25 Å². The summed E-state index contributed by atoms with van der Waals surface area (Å²) in [5.41, 5.74) is 0.457. The van der Waals surface area contributed by atoms with Gasteiger partial charge in [0.15, 0.2) is 0 Å². The van der Waals surface area contributed by atoms with Gasteiger partial charge in [0, 0.05) is 6.61 Å². The van der Waals surface area contributed by atoms with Crippen molar-refractivity contribution in [2.45, 2.75) is 28.2 Å². The summed E-state index contributed by atoms with van der Waals surface area (Å²) in [7, 11) is -1.25. The molecular weight excluding hydrogens is 402 g/mol. The zero-order chi connectivity index (χ0) is 17.4. The van der Waals surface area contributed by atoms with Crippen LogP contribution in [0.15, 0.2) is 60.7 Å². The highest BCUT2D eigenvalue weighted by Crippen LogP contribution is 2.29. The molecule has 0 spiro atoms. The molecule has 1 fully saturated rings. The van der Waals surface area contributed by atoms with Crippen LogP contribution >= 0.6 is 46.4 Å². The molecule has 1 saturated heterocycles. The molecule has 1 unspecified atom stereocenters. The predicted molar refractivity (Wildman–Crippen MR) is 109 cm³/mol. The Morgan fingerprint density at radius 1 is 0.792 bits per heavy atom. The molecule has 1 aliphatic rings. The maximum Gasteiger partial charge on any atom is 0.266 e. The molecule has 0 bridgehead atoms. The Hall–Kier alpha value is -0.223. The average molecular weight is 422 g/mol. The highest BCUT2D eigenvalue weighted by atomic mass is 35.6. The first-order valence-corrected chi connectivity index (χ1v) is 11.3. The average Bonchev–Trinajstić information content (AvgIpc) is 2.57. The summed E-state index contributed by atoms with van der Waals surface area (Å²) < 4.78 is 4.50. The fraction of sp³-hybridized carbons (Fsp3) is 0.333. The Bertz CT molecular complexity index is 537. The van der Waals surface area contributed by atoms with E-state index in [0.717, 1.165) is 6.61 Å². The molecule has 1 aliphatic heterocycles. The van der Waals surface area contributed by atoms with E-state index in [4.69, 9.17) is 51.1 Å². The fourth-order valence-corrected chi connectivity index (χ4v) is 6.39. The van der Waals surface area contributed by atoms with Gasteiger partial charge in [0.2, 0.25) is 0 Å². The second kappa shape index (κ2) is 10.1. The Balaban J connectivity index is 0.000000368. The van der Waals surface area contributed by atoms with Gasteiger partial charge < -0.3 is 4.74 Å². The van der Waals surface area contributed by atoms with E-state index >= 15 is 0 Å². The van der Waals surface area contributed by atoms with Crippen LogP contribution in [-0.4, -0.2) is 24.4 Å². The van der Waals surface area contributed by atoms with Crippen molar-refractivity contribution in [1.29, 1.82) is 0 Å². The van der Waals surface area contributed by atoms with Crippen LogP contribution < -0.4 is 10.4 Å². The van der Waals surface area contributed by atoms with Crippen LogP contribution in [0.5, 0.6) is 0 Å². The zero-order valence-electron chi connectivity index (χ0n) is 13.2. The molecule has 0 aromatic heterocycles. The molecule has 3 rings (SSSR count). The molecule has 2 aromatic carbocycles. The highest BCUT2D eigenvalue weighted by Gasteiger charge is 2.28. The van der Waals surface area contributed by atoms with Crippen LogP contribution in [0.1, 0.15) is 19.3 Å². The number of benzene rings is 2. The molecule has 0 amide bonds. The minimum atomic E-state index is -1.61. The third kappa shape index (κ3) is 7.34. The summed E-state index contributed by atoms with van der Waals surface area (Å²) in [4.78, 5) is 0. The summed E-state index contributed by atoms with van der Waals surface area (Å²) >= 11 is 19.3.